The van der Waals surface area contributed by atoms with E-state index in [4.69, 9.17) is 0 Å². The summed E-state index contributed by atoms with van der Waals surface area (Å²) in [5, 5.41) is 0. The van der Waals surface area contributed by atoms with Crippen LogP contribution in [0.15, 0.2) is 0 Å². The third-order valence-electron chi connectivity index (χ3n) is 2.64. The van der Waals surface area contributed by atoms with E-state index in [1.54, 1.807) is 0 Å². The van der Waals surface area contributed by atoms with Crippen LogP contribution in [-0.2, 0) is 0 Å². The fourth-order valence-electron chi connectivity index (χ4n) is 1.68. The van der Waals surface area contributed by atoms with E-state index in [1.165, 1.54) is 32.1 Å². The highest BCUT2D eigenvalue weighted by Crippen LogP contribution is 2.23. The van der Waals surface area contributed by atoms with Gasteiger partial charge in [0.1, 0.15) is 0 Å². The highest BCUT2D eigenvalue weighted by molar-refractivity contribution is 4.65. The predicted octanol–water partition coefficient (Wildman–Crippen LogP) is 4.20. The van der Waals surface area contributed by atoms with Crippen LogP contribution in [0.1, 0.15) is 52.9 Å². The number of unbranched alkanes of at least 4 members (excludes halogenated alkanes) is 1. The fourth-order valence-corrected chi connectivity index (χ4v) is 1.68. The van der Waals surface area contributed by atoms with Gasteiger partial charge in [0.05, 0.1) is 6.67 Å². The van der Waals surface area contributed by atoms with Gasteiger partial charge < -0.3 is 0 Å². The molecule has 74 valence electrons. The van der Waals surface area contributed by atoms with E-state index in [9.17, 15) is 4.39 Å². The second kappa shape index (κ2) is 7.57. The minimum atomic E-state index is -0.144. The molecule has 0 aliphatic carbocycles. The summed E-state index contributed by atoms with van der Waals surface area (Å²) in [4.78, 5) is 0. The number of rotatable bonds is 7. The standard InChI is InChI=1S/C11H23F/c1-4-6-8-11(7-5-2)10(3)9-12/h10-11H,4-9H2,1-3H3. The summed E-state index contributed by atoms with van der Waals surface area (Å²) in [7, 11) is 0. The van der Waals surface area contributed by atoms with E-state index in [2.05, 4.69) is 13.8 Å². The largest absolute Gasteiger partial charge is 0.251 e. The third-order valence-corrected chi connectivity index (χ3v) is 2.64. The molecular formula is C11H23F. The van der Waals surface area contributed by atoms with Gasteiger partial charge in [-0.05, 0) is 11.8 Å². The van der Waals surface area contributed by atoms with Crippen LogP contribution in [0.5, 0.6) is 0 Å². The Balaban J connectivity index is 3.68. The van der Waals surface area contributed by atoms with E-state index < -0.39 is 0 Å². The molecular weight excluding hydrogens is 151 g/mol. The molecule has 0 N–H and O–H groups in total. The Kier molecular flexibility index (Phi) is 7.53. The van der Waals surface area contributed by atoms with Crippen LogP contribution in [0.3, 0.4) is 0 Å². The van der Waals surface area contributed by atoms with E-state index in [1.807, 2.05) is 6.92 Å². The first-order chi connectivity index (χ1) is 5.76. The second-order valence-corrected chi connectivity index (χ2v) is 3.82. The summed E-state index contributed by atoms with van der Waals surface area (Å²) in [5.74, 6) is 0.899. The van der Waals surface area contributed by atoms with Crippen molar-refractivity contribution in [3.8, 4) is 0 Å². The molecule has 0 rings (SSSR count). The van der Waals surface area contributed by atoms with Crippen LogP contribution in [0.4, 0.5) is 4.39 Å². The third kappa shape index (κ3) is 4.74. The Morgan fingerprint density at radius 1 is 1.08 bits per heavy atom. The maximum Gasteiger partial charge on any atom is 0.0922 e. The molecule has 0 aromatic carbocycles. The zero-order chi connectivity index (χ0) is 9.40. The number of halogens is 1. The highest BCUT2D eigenvalue weighted by atomic mass is 19.1. The Labute approximate surface area is 76.6 Å². The van der Waals surface area contributed by atoms with Gasteiger partial charge in [-0.2, -0.15) is 0 Å². The number of hydrogen-bond acceptors (Lipinski definition) is 0. The summed E-state index contributed by atoms with van der Waals surface area (Å²) < 4.78 is 12.4. The van der Waals surface area contributed by atoms with Crippen molar-refractivity contribution < 1.29 is 4.39 Å². The van der Waals surface area contributed by atoms with E-state index in [-0.39, 0.29) is 12.6 Å². The molecule has 0 aliphatic heterocycles. The lowest BCUT2D eigenvalue weighted by Crippen LogP contribution is -2.13. The first kappa shape index (κ1) is 11.9. The van der Waals surface area contributed by atoms with Crippen LogP contribution in [-0.4, -0.2) is 6.67 Å². The molecule has 0 bridgehead atoms. The average molecular weight is 174 g/mol. The minimum Gasteiger partial charge on any atom is -0.251 e. The summed E-state index contributed by atoms with van der Waals surface area (Å²) in [6.45, 7) is 6.28. The molecule has 0 radical (unpaired) electrons. The van der Waals surface area contributed by atoms with Gasteiger partial charge in [0, 0.05) is 0 Å². The zero-order valence-electron chi connectivity index (χ0n) is 8.78. The zero-order valence-corrected chi connectivity index (χ0v) is 8.78. The van der Waals surface area contributed by atoms with E-state index in [0.29, 0.717) is 5.92 Å². The van der Waals surface area contributed by atoms with Crippen molar-refractivity contribution in [1.82, 2.24) is 0 Å². The molecule has 0 saturated heterocycles. The topological polar surface area (TPSA) is 0 Å². The lowest BCUT2D eigenvalue weighted by molar-refractivity contribution is 0.248. The number of hydrogen-bond donors (Lipinski definition) is 0. The maximum absolute atomic E-state index is 12.4. The molecule has 0 aliphatic rings. The molecule has 0 saturated carbocycles. The Morgan fingerprint density at radius 2 is 1.75 bits per heavy atom. The van der Waals surface area contributed by atoms with Crippen LogP contribution >= 0.6 is 0 Å². The average Bonchev–Trinajstić information content (AvgIpc) is 2.11. The molecule has 0 heterocycles. The van der Waals surface area contributed by atoms with Gasteiger partial charge >= 0.3 is 0 Å². The first-order valence-electron chi connectivity index (χ1n) is 5.32. The first-order valence-corrected chi connectivity index (χ1v) is 5.32. The SMILES string of the molecule is CCCCC(CCC)C(C)CF. The quantitative estimate of drug-likeness (QED) is 0.542. The molecule has 1 heteroatoms. The molecule has 0 spiro atoms. The van der Waals surface area contributed by atoms with Gasteiger partial charge in [0.2, 0.25) is 0 Å². The van der Waals surface area contributed by atoms with Gasteiger partial charge in [-0.3, -0.25) is 4.39 Å². The summed E-state index contributed by atoms with van der Waals surface area (Å²) in [6, 6.07) is 0. The van der Waals surface area contributed by atoms with Crippen molar-refractivity contribution in [3.63, 3.8) is 0 Å². The monoisotopic (exact) mass is 174 g/mol. The Bertz CT molecular complexity index is 91.0. The summed E-state index contributed by atoms with van der Waals surface area (Å²) >= 11 is 0. The van der Waals surface area contributed by atoms with Crippen molar-refractivity contribution in [3.05, 3.63) is 0 Å². The van der Waals surface area contributed by atoms with Gasteiger partial charge in [0.25, 0.3) is 0 Å². The summed E-state index contributed by atoms with van der Waals surface area (Å²) in [6.07, 6.45) is 6.10. The molecule has 0 aromatic rings. The van der Waals surface area contributed by atoms with Gasteiger partial charge in [-0.15, -0.1) is 0 Å². The van der Waals surface area contributed by atoms with Gasteiger partial charge in [-0.1, -0.05) is 52.9 Å². The highest BCUT2D eigenvalue weighted by Gasteiger charge is 2.15. The number of alkyl halides is 1. The van der Waals surface area contributed by atoms with Crippen molar-refractivity contribution in [2.24, 2.45) is 11.8 Å². The van der Waals surface area contributed by atoms with E-state index in [0.717, 1.165) is 0 Å². The van der Waals surface area contributed by atoms with Crippen LogP contribution in [0, 0.1) is 11.8 Å². The van der Waals surface area contributed by atoms with Crippen molar-refractivity contribution in [2.45, 2.75) is 52.9 Å². The van der Waals surface area contributed by atoms with Crippen LogP contribution in [0.2, 0.25) is 0 Å². The molecule has 0 aromatic heterocycles. The van der Waals surface area contributed by atoms with E-state index >= 15 is 0 Å². The minimum absolute atomic E-state index is 0.144. The fraction of sp³-hybridized carbons (Fsp3) is 1.00. The van der Waals surface area contributed by atoms with Gasteiger partial charge in [-0.25, -0.2) is 0 Å². The molecule has 0 nitrogen and oxygen atoms in total. The molecule has 12 heavy (non-hydrogen) atoms. The molecule has 2 unspecified atom stereocenters. The van der Waals surface area contributed by atoms with Crippen LogP contribution in [0.25, 0.3) is 0 Å². The smallest absolute Gasteiger partial charge is 0.0922 e. The van der Waals surface area contributed by atoms with Crippen LogP contribution < -0.4 is 0 Å². The maximum atomic E-state index is 12.4. The van der Waals surface area contributed by atoms with Crippen molar-refractivity contribution in [2.75, 3.05) is 6.67 Å². The van der Waals surface area contributed by atoms with Gasteiger partial charge in [0.15, 0.2) is 0 Å². The van der Waals surface area contributed by atoms with Crippen molar-refractivity contribution >= 4 is 0 Å². The predicted molar refractivity (Wildman–Crippen MR) is 53.1 cm³/mol. The molecule has 0 amide bonds. The molecule has 0 fully saturated rings. The molecule has 2 atom stereocenters. The lowest BCUT2D eigenvalue weighted by atomic mass is 9.86. The lowest BCUT2D eigenvalue weighted by Gasteiger charge is -2.20. The second-order valence-electron chi connectivity index (χ2n) is 3.82. The normalized spacial score (nSPS) is 16.0. The Hall–Kier alpha value is -0.0700. The summed E-state index contributed by atoms with van der Waals surface area (Å²) in [5.41, 5.74) is 0. The van der Waals surface area contributed by atoms with Crippen molar-refractivity contribution in [1.29, 1.82) is 0 Å². The Morgan fingerprint density at radius 3 is 2.17 bits per heavy atom.